The van der Waals surface area contributed by atoms with Crippen LogP contribution in [-0.2, 0) is 0 Å². The van der Waals surface area contributed by atoms with Crippen LogP contribution in [0.4, 0.5) is 29.0 Å². The van der Waals surface area contributed by atoms with E-state index in [1.54, 1.807) is 0 Å². The zero-order valence-electron chi connectivity index (χ0n) is 13.3. The summed E-state index contributed by atoms with van der Waals surface area (Å²) >= 11 is 6.00. The van der Waals surface area contributed by atoms with Crippen molar-refractivity contribution in [1.29, 1.82) is 0 Å². The van der Waals surface area contributed by atoms with Gasteiger partial charge < -0.3 is 16.4 Å². The summed E-state index contributed by atoms with van der Waals surface area (Å²) in [5, 5.41) is 6.30. The molecule has 7 heteroatoms. The molecule has 0 radical (unpaired) electrons. The van der Waals surface area contributed by atoms with E-state index in [2.05, 4.69) is 25.6 Å². The van der Waals surface area contributed by atoms with E-state index in [0.29, 0.717) is 17.6 Å². The van der Waals surface area contributed by atoms with E-state index in [4.69, 9.17) is 17.3 Å². The van der Waals surface area contributed by atoms with Crippen LogP contribution in [-0.4, -0.2) is 15.0 Å². The van der Waals surface area contributed by atoms with Gasteiger partial charge in [-0.3, -0.25) is 0 Å². The summed E-state index contributed by atoms with van der Waals surface area (Å²) in [6, 6.07) is 13.5. The van der Waals surface area contributed by atoms with Crippen molar-refractivity contribution in [2.45, 2.75) is 13.8 Å². The summed E-state index contributed by atoms with van der Waals surface area (Å²) in [5.74, 6) is 0.705. The van der Waals surface area contributed by atoms with Crippen LogP contribution in [0.1, 0.15) is 11.1 Å². The fourth-order valence-electron chi connectivity index (χ4n) is 2.16. The molecule has 0 fully saturated rings. The number of anilines is 5. The summed E-state index contributed by atoms with van der Waals surface area (Å²) in [6.45, 7) is 3.96. The van der Waals surface area contributed by atoms with Gasteiger partial charge in [0, 0.05) is 17.1 Å². The fourth-order valence-corrected chi connectivity index (χ4v) is 2.32. The molecule has 122 valence electrons. The van der Waals surface area contributed by atoms with E-state index in [1.165, 1.54) is 0 Å². The number of nitrogens with two attached hydrogens (primary N) is 1. The predicted octanol–water partition coefficient (Wildman–Crippen LogP) is 4.21. The van der Waals surface area contributed by atoms with Gasteiger partial charge in [-0.25, -0.2) is 0 Å². The Morgan fingerprint density at radius 3 is 2.17 bits per heavy atom. The normalized spacial score (nSPS) is 10.5. The molecule has 1 aromatic heterocycles. The van der Waals surface area contributed by atoms with Gasteiger partial charge >= 0.3 is 0 Å². The second-order valence-corrected chi connectivity index (χ2v) is 5.78. The van der Waals surface area contributed by atoms with Gasteiger partial charge in [0.25, 0.3) is 0 Å². The van der Waals surface area contributed by atoms with E-state index in [-0.39, 0.29) is 5.28 Å². The number of nitrogens with zero attached hydrogens (tertiary/aromatic N) is 3. The third-order valence-corrected chi connectivity index (χ3v) is 3.59. The van der Waals surface area contributed by atoms with Crippen molar-refractivity contribution in [3.05, 3.63) is 58.9 Å². The topological polar surface area (TPSA) is 88.8 Å². The molecular formula is C17H17ClN6. The molecule has 6 nitrogen and oxygen atoms in total. The Morgan fingerprint density at radius 2 is 1.54 bits per heavy atom. The van der Waals surface area contributed by atoms with Gasteiger partial charge in [-0.15, -0.1) is 0 Å². The second-order valence-electron chi connectivity index (χ2n) is 5.44. The number of aryl methyl sites for hydroxylation is 2. The average molecular weight is 341 g/mol. The van der Waals surface area contributed by atoms with E-state index >= 15 is 0 Å². The highest BCUT2D eigenvalue weighted by Gasteiger charge is 2.07. The van der Waals surface area contributed by atoms with Crippen molar-refractivity contribution in [1.82, 2.24) is 15.0 Å². The highest BCUT2D eigenvalue weighted by molar-refractivity contribution is 6.28. The standard InChI is InChI=1S/C17H17ClN6/c1-10-4-3-5-12(8-10)20-16-22-15(18)23-17(24-16)21-13-7-6-11(2)14(19)9-13/h3-9H,19H2,1-2H3,(H2,20,21,22,23,24). The third-order valence-electron chi connectivity index (χ3n) is 3.42. The van der Waals surface area contributed by atoms with Crippen LogP contribution in [0.2, 0.25) is 5.28 Å². The molecule has 0 saturated heterocycles. The predicted molar refractivity (Wildman–Crippen MR) is 98.2 cm³/mol. The van der Waals surface area contributed by atoms with Crippen molar-refractivity contribution in [2.24, 2.45) is 0 Å². The number of hydrogen-bond donors (Lipinski definition) is 3. The van der Waals surface area contributed by atoms with Crippen molar-refractivity contribution < 1.29 is 0 Å². The lowest BCUT2D eigenvalue weighted by Crippen LogP contribution is -2.04. The lowest BCUT2D eigenvalue weighted by Gasteiger charge is -2.10. The monoisotopic (exact) mass is 340 g/mol. The van der Waals surface area contributed by atoms with Crippen molar-refractivity contribution in [2.75, 3.05) is 16.4 Å². The zero-order valence-corrected chi connectivity index (χ0v) is 14.1. The molecular weight excluding hydrogens is 324 g/mol. The summed E-state index contributed by atoms with van der Waals surface area (Å²) in [7, 11) is 0. The van der Waals surface area contributed by atoms with E-state index < -0.39 is 0 Å². The fraction of sp³-hybridized carbons (Fsp3) is 0.118. The van der Waals surface area contributed by atoms with Crippen molar-refractivity contribution in [3.63, 3.8) is 0 Å². The van der Waals surface area contributed by atoms with Gasteiger partial charge in [0.1, 0.15) is 0 Å². The van der Waals surface area contributed by atoms with Gasteiger partial charge in [0.2, 0.25) is 17.2 Å². The molecule has 2 aromatic carbocycles. The lowest BCUT2D eigenvalue weighted by atomic mass is 10.2. The van der Waals surface area contributed by atoms with Crippen LogP contribution in [0.25, 0.3) is 0 Å². The molecule has 0 atom stereocenters. The summed E-state index contributed by atoms with van der Waals surface area (Å²) < 4.78 is 0. The maximum absolute atomic E-state index is 6.00. The molecule has 4 N–H and O–H groups in total. The van der Waals surface area contributed by atoms with Crippen molar-refractivity contribution >= 4 is 40.6 Å². The van der Waals surface area contributed by atoms with Crippen LogP contribution in [0, 0.1) is 13.8 Å². The maximum atomic E-state index is 6.00. The first-order valence-corrected chi connectivity index (χ1v) is 7.76. The SMILES string of the molecule is Cc1cccc(Nc2nc(Cl)nc(Nc3ccc(C)c(N)c3)n2)c1. The van der Waals surface area contributed by atoms with Gasteiger partial charge in [0.15, 0.2) is 0 Å². The molecule has 24 heavy (non-hydrogen) atoms. The average Bonchev–Trinajstić information content (AvgIpc) is 2.50. The van der Waals surface area contributed by atoms with E-state index in [1.807, 2.05) is 56.3 Å². The Labute approximate surface area is 145 Å². The number of aromatic nitrogens is 3. The van der Waals surface area contributed by atoms with Crippen molar-refractivity contribution in [3.8, 4) is 0 Å². The Bertz CT molecular complexity index is 881. The molecule has 0 amide bonds. The molecule has 0 spiro atoms. The largest absolute Gasteiger partial charge is 0.398 e. The number of nitrogen functional groups attached to an aromatic ring is 1. The van der Waals surface area contributed by atoms with Crippen LogP contribution >= 0.6 is 11.6 Å². The Hall–Kier alpha value is -2.86. The van der Waals surface area contributed by atoms with E-state index in [9.17, 15) is 0 Å². The van der Waals surface area contributed by atoms with Crippen LogP contribution < -0.4 is 16.4 Å². The molecule has 0 aliphatic carbocycles. The first kappa shape index (κ1) is 16.0. The molecule has 1 heterocycles. The van der Waals surface area contributed by atoms with Gasteiger partial charge in [0.05, 0.1) is 0 Å². The molecule has 3 rings (SSSR count). The quantitative estimate of drug-likeness (QED) is 0.616. The molecule has 0 unspecified atom stereocenters. The molecule has 0 bridgehead atoms. The minimum Gasteiger partial charge on any atom is -0.398 e. The number of halogens is 1. The zero-order chi connectivity index (χ0) is 17.1. The van der Waals surface area contributed by atoms with Gasteiger partial charge in [-0.2, -0.15) is 15.0 Å². The Kier molecular flexibility index (Phi) is 4.48. The summed E-state index contributed by atoms with van der Waals surface area (Å²) in [6.07, 6.45) is 0. The number of nitrogens with one attached hydrogen (secondary N) is 2. The number of hydrogen-bond acceptors (Lipinski definition) is 6. The third kappa shape index (κ3) is 3.91. The lowest BCUT2D eigenvalue weighted by molar-refractivity contribution is 1.06. The smallest absolute Gasteiger partial charge is 0.233 e. The Balaban J connectivity index is 1.84. The minimum atomic E-state index is 0.0998. The molecule has 3 aromatic rings. The van der Waals surface area contributed by atoms with Gasteiger partial charge in [-0.1, -0.05) is 18.2 Å². The first-order valence-electron chi connectivity index (χ1n) is 7.38. The van der Waals surface area contributed by atoms with Crippen LogP contribution in [0.5, 0.6) is 0 Å². The number of rotatable bonds is 4. The maximum Gasteiger partial charge on any atom is 0.233 e. The van der Waals surface area contributed by atoms with Crippen LogP contribution in [0.3, 0.4) is 0 Å². The second kappa shape index (κ2) is 6.72. The number of benzene rings is 2. The molecule has 0 aliphatic rings. The van der Waals surface area contributed by atoms with E-state index in [0.717, 1.165) is 22.5 Å². The molecule has 0 aliphatic heterocycles. The van der Waals surface area contributed by atoms with Gasteiger partial charge in [-0.05, 0) is 60.8 Å². The molecule has 0 saturated carbocycles. The summed E-state index contributed by atoms with van der Waals surface area (Å²) in [5.41, 5.74) is 10.4. The highest BCUT2D eigenvalue weighted by atomic mass is 35.5. The summed E-state index contributed by atoms with van der Waals surface area (Å²) in [4.78, 5) is 12.5. The first-order chi connectivity index (χ1) is 11.5. The minimum absolute atomic E-state index is 0.0998. The van der Waals surface area contributed by atoms with Crippen LogP contribution in [0.15, 0.2) is 42.5 Å². The highest BCUT2D eigenvalue weighted by Crippen LogP contribution is 2.22. The Morgan fingerprint density at radius 1 is 0.875 bits per heavy atom.